The zero-order valence-corrected chi connectivity index (χ0v) is 21.5. The van der Waals surface area contributed by atoms with E-state index in [1.165, 1.54) is 12.5 Å². The Hall–Kier alpha value is -4.41. The third kappa shape index (κ3) is 6.67. The zero-order chi connectivity index (χ0) is 27.3. The topological polar surface area (TPSA) is 147 Å². The first-order valence-corrected chi connectivity index (χ1v) is 12.0. The number of nitrogens with two attached hydrogens (primary N) is 1. The summed E-state index contributed by atoms with van der Waals surface area (Å²) in [6.45, 7) is 4.58. The molecule has 0 aliphatic heterocycles. The van der Waals surface area contributed by atoms with Gasteiger partial charge in [0.05, 0.1) is 5.60 Å². The number of aromatic nitrogens is 3. The molecule has 10 heteroatoms. The SMILES string of the molecule is CN(CCC(C)(C)O)Cc1cc(NC(=O)c2coc(-c3ccnc(N)c3)n2)c(-c2ccncc2)cc1C=O. The Kier molecular flexibility index (Phi) is 7.94. The van der Waals surface area contributed by atoms with E-state index in [-0.39, 0.29) is 11.6 Å². The molecular formula is C28H30N6O4. The van der Waals surface area contributed by atoms with Crippen molar-refractivity contribution in [2.75, 3.05) is 24.6 Å². The van der Waals surface area contributed by atoms with Crippen molar-refractivity contribution >= 4 is 23.7 Å². The Morgan fingerprint density at radius 1 is 1.16 bits per heavy atom. The van der Waals surface area contributed by atoms with Crippen LogP contribution < -0.4 is 11.1 Å². The number of rotatable bonds is 10. The zero-order valence-electron chi connectivity index (χ0n) is 21.5. The molecule has 1 amide bonds. The average Bonchev–Trinajstić information content (AvgIpc) is 3.39. The van der Waals surface area contributed by atoms with Crippen molar-refractivity contribution in [2.24, 2.45) is 0 Å². The molecule has 3 heterocycles. The standard InChI is InChI=1S/C28H30N6O4/c1-28(2,37)7-11-34(3)15-20-13-23(22(12-21(20)16-35)18-4-8-30-9-5-18)32-26(36)24-17-38-27(33-24)19-6-10-31-25(29)14-19/h4-6,8-10,12-14,16-17,37H,7,11,15H2,1-3H3,(H2,29,31)(H,32,36). The molecule has 0 aliphatic rings. The summed E-state index contributed by atoms with van der Waals surface area (Å²) < 4.78 is 5.51. The van der Waals surface area contributed by atoms with Gasteiger partial charge in [0.1, 0.15) is 18.4 Å². The molecule has 3 aromatic heterocycles. The van der Waals surface area contributed by atoms with E-state index in [1.54, 1.807) is 62.6 Å². The number of hydrogen-bond donors (Lipinski definition) is 3. The largest absolute Gasteiger partial charge is 0.444 e. The van der Waals surface area contributed by atoms with E-state index in [9.17, 15) is 14.7 Å². The lowest BCUT2D eigenvalue weighted by Crippen LogP contribution is -2.28. The second kappa shape index (κ2) is 11.3. The van der Waals surface area contributed by atoms with Gasteiger partial charge < -0.3 is 25.5 Å². The number of oxazole rings is 1. The van der Waals surface area contributed by atoms with E-state index in [1.807, 2.05) is 11.9 Å². The van der Waals surface area contributed by atoms with Gasteiger partial charge in [-0.1, -0.05) is 0 Å². The van der Waals surface area contributed by atoms with Crippen LogP contribution in [-0.4, -0.2) is 56.3 Å². The van der Waals surface area contributed by atoms with Gasteiger partial charge in [-0.25, -0.2) is 9.97 Å². The van der Waals surface area contributed by atoms with Crippen LogP contribution >= 0.6 is 0 Å². The maximum absolute atomic E-state index is 13.2. The second-order valence-corrected chi connectivity index (χ2v) is 9.71. The summed E-state index contributed by atoms with van der Waals surface area (Å²) in [5, 5.41) is 13.0. The Balaban J connectivity index is 1.65. The Morgan fingerprint density at radius 2 is 1.89 bits per heavy atom. The fraction of sp³-hybridized carbons (Fsp3) is 0.250. The minimum Gasteiger partial charge on any atom is -0.444 e. The van der Waals surface area contributed by atoms with E-state index in [2.05, 4.69) is 20.3 Å². The van der Waals surface area contributed by atoms with Crippen molar-refractivity contribution in [3.8, 4) is 22.6 Å². The van der Waals surface area contributed by atoms with Crippen molar-refractivity contribution in [3.05, 3.63) is 78.1 Å². The summed E-state index contributed by atoms with van der Waals surface area (Å²) in [6.07, 6.45) is 7.47. The van der Waals surface area contributed by atoms with E-state index < -0.39 is 11.5 Å². The van der Waals surface area contributed by atoms with Crippen molar-refractivity contribution in [1.82, 2.24) is 19.9 Å². The summed E-state index contributed by atoms with van der Waals surface area (Å²) in [4.78, 5) is 39.6. The molecule has 38 heavy (non-hydrogen) atoms. The van der Waals surface area contributed by atoms with E-state index >= 15 is 0 Å². The monoisotopic (exact) mass is 514 g/mol. The first kappa shape index (κ1) is 26.6. The molecule has 0 saturated carbocycles. The molecule has 0 radical (unpaired) electrons. The lowest BCUT2D eigenvalue weighted by atomic mass is 9.97. The lowest BCUT2D eigenvalue weighted by Gasteiger charge is -2.24. The van der Waals surface area contributed by atoms with Crippen LogP contribution in [0.5, 0.6) is 0 Å². The number of nitrogen functional groups attached to an aromatic ring is 1. The predicted octanol–water partition coefficient (Wildman–Crippen LogP) is 4.04. The van der Waals surface area contributed by atoms with E-state index in [4.69, 9.17) is 10.2 Å². The summed E-state index contributed by atoms with van der Waals surface area (Å²) >= 11 is 0. The number of pyridine rings is 2. The van der Waals surface area contributed by atoms with Gasteiger partial charge >= 0.3 is 0 Å². The smallest absolute Gasteiger partial charge is 0.277 e. The van der Waals surface area contributed by atoms with Crippen LogP contribution in [0.1, 0.15) is 46.7 Å². The van der Waals surface area contributed by atoms with Crippen molar-refractivity contribution < 1.29 is 19.1 Å². The summed E-state index contributed by atoms with van der Waals surface area (Å²) in [6, 6.07) is 10.4. The van der Waals surface area contributed by atoms with Gasteiger partial charge in [0.15, 0.2) is 5.69 Å². The third-order valence-corrected chi connectivity index (χ3v) is 5.96. The fourth-order valence-electron chi connectivity index (χ4n) is 3.89. The molecular weight excluding hydrogens is 484 g/mol. The highest BCUT2D eigenvalue weighted by atomic mass is 16.3. The molecule has 0 fully saturated rings. The van der Waals surface area contributed by atoms with Gasteiger partial charge in [-0.3, -0.25) is 14.6 Å². The van der Waals surface area contributed by atoms with Gasteiger partial charge in [0.25, 0.3) is 5.91 Å². The van der Waals surface area contributed by atoms with Gasteiger partial charge in [-0.05, 0) is 74.8 Å². The van der Waals surface area contributed by atoms with E-state index in [0.29, 0.717) is 47.7 Å². The lowest BCUT2D eigenvalue weighted by molar-refractivity contribution is 0.0599. The number of carbonyl (C=O) groups is 2. The molecule has 0 atom stereocenters. The third-order valence-electron chi connectivity index (χ3n) is 5.96. The number of carbonyl (C=O) groups excluding carboxylic acids is 2. The molecule has 0 spiro atoms. The predicted molar refractivity (Wildman–Crippen MR) is 144 cm³/mol. The Bertz CT molecular complexity index is 1430. The van der Waals surface area contributed by atoms with Crippen LogP contribution in [0, 0.1) is 0 Å². The fourth-order valence-corrected chi connectivity index (χ4v) is 3.89. The van der Waals surface area contributed by atoms with Crippen LogP contribution in [-0.2, 0) is 6.54 Å². The summed E-state index contributed by atoms with van der Waals surface area (Å²) in [5.41, 5.74) is 8.82. The number of aldehydes is 1. The number of aliphatic hydroxyl groups is 1. The van der Waals surface area contributed by atoms with Crippen LogP contribution in [0.25, 0.3) is 22.6 Å². The first-order chi connectivity index (χ1) is 18.1. The molecule has 0 aliphatic carbocycles. The number of amides is 1. The highest BCUT2D eigenvalue weighted by Crippen LogP contribution is 2.32. The first-order valence-electron chi connectivity index (χ1n) is 12.0. The number of benzene rings is 1. The van der Waals surface area contributed by atoms with Crippen molar-refractivity contribution in [3.63, 3.8) is 0 Å². The number of hydrogen-bond acceptors (Lipinski definition) is 9. The molecule has 4 N–H and O–H groups in total. The Labute approximate surface area is 220 Å². The highest BCUT2D eigenvalue weighted by molar-refractivity contribution is 6.05. The second-order valence-electron chi connectivity index (χ2n) is 9.71. The van der Waals surface area contributed by atoms with E-state index in [0.717, 1.165) is 17.4 Å². The summed E-state index contributed by atoms with van der Waals surface area (Å²) in [7, 11) is 1.91. The molecule has 0 saturated heterocycles. The maximum Gasteiger partial charge on any atom is 0.277 e. The van der Waals surface area contributed by atoms with Crippen molar-refractivity contribution in [2.45, 2.75) is 32.4 Å². The van der Waals surface area contributed by atoms with Gasteiger partial charge in [-0.15, -0.1) is 0 Å². The van der Waals surface area contributed by atoms with Gasteiger partial charge in [0.2, 0.25) is 5.89 Å². The van der Waals surface area contributed by atoms with Gasteiger partial charge in [0, 0.05) is 54.1 Å². The normalized spacial score (nSPS) is 11.5. The number of nitrogens with one attached hydrogen (secondary N) is 1. The van der Waals surface area contributed by atoms with Crippen LogP contribution in [0.2, 0.25) is 0 Å². The quantitative estimate of drug-likeness (QED) is 0.267. The van der Waals surface area contributed by atoms with Crippen LogP contribution in [0.4, 0.5) is 11.5 Å². The van der Waals surface area contributed by atoms with Crippen molar-refractivity contribution in [1.29, 1.82) is 0 Å². The molecule has 1 aromatic carbocycles. The molecule has 196 valence electrons. The molecule has 0 unspecified atom stereocenters. The molecule has 4 aromatic rings. The van der Waals surface area contributed by atoms with Crippen LogP contribution in [0.15, 0.2) is 65.7 Å². The Morgan fingerprint density at radius 3 is 2.58 bits per heavy atom. The van der Waals surface area contributed by atoms with Crippen LogP contribution in [0.3, 0.4) is 0 Å². The highest BCUT2D eigenvalue weighted by Gasteiger charge is 2.19. The summed E-state index contributed by atoms with van der Waals surface area (Å²) in [5.74, 6) is 0.0746. The maximum atomic E-state index is 13.2. The average molecular weight is 515 g/mol. The minimum absolute atomic E-state index is 0.0828. The molecule has 10 nitrogen and oxygen atoms in total. The number of nitrogens with zero attached hydrogens (tertiary/aromatic N) is 4. The molecule has 0 bridgehead atoms. The van der Waals surface area contributed by atoms with Gasteiger partial charge in [-0.2, -0.15) is 0 Å². The number of anilines is 2. The molecule has 4 rings (SSSR count). The minimum atomic E-state index is -0.801.